The maximum absolute atomic E-state index is 13.6. The van der Waals surface area contributed by atoms with E-state index in [1.807, 2.05) is 4.72 Å². The zero-order valence-electron chi connectivity index (χ0n) is 14.4. The number of anilines is 1. The highest BCUT2D eigenvalue weighted by molar-refractivity contribution is 7.89. The van der Waals surface area contributed by atoms with Crippen LogP contribution in [0.1, 0.15) is 19.4 Å². The van der Waals surface area contributed by atoms with Crippen LogP contribution in [-0.2, 0) is 14.8 Å². The van der Waals surface area contributed by atoms with Gasteiger partial charge in [0.2, 0.25) is 10.0 Å². The summed E-state index contributed by atoms with van der Waals surface area (Å²) < 4.78 is 52.6. The molecule has 2 rings (SSSR count). The Morgan fingerprint density at radius 1 is 1.15 bits per heavy atom. The topological polar surface area (TPSA) is 111 Å². The van der Waals surface area contributed by atoms with Crippen LogP contribution >= 0.6 is 0 Å². The van der Waals surface area contributed by atoms with Gasteiger partial charge in [-0.25, -0.2) is 21.9 Å². The Balaban J connectivity index is 2.15. The minimum Gasteiger partial charge on any atom is -0.548 e. The van der Waals surface area contributed by atoms with Gasteiger partial charge in [-0.05, 0) is 43.7 Å². The number of nitrogens with zero attached hydrogens (tertiary/aromatic N) is 1. The molecule has 7 nitrogen and oxygen atoms in total. The fraction of sp³-hybridized carbons (Fsp3) is 0.176. The lowest BCUT2D eigenvalue weighted by Gasteiger charge is -2.15. The first kappa shape index (κ1) is 20.5. The molecule has 0 heterocycles. The minimum atomic E-state index is -4.02. The molecule has 0 unspecified atom stereocenters. The summed E-state index contributed by atoms with van der Waals surface area (Å²) in [7, 11) is -4.02. The van der Waals surface area contributed by atoms with Crippen molar-refractivity contribution >= 4 is 27.4 Å². The average Bonchev–Trinajstić information content (AvgIpc) is 2.60. The van der Waals surface area contributed by atoms with Crippen molar-refractivity contribution in [2.45, 2.75) is 24.8 Å². The lowest BCUT2D eigenvalue weighted by atomic mass is 10.1. The van der Waals surface area contributed by atoms with Crippen LogP contribution in [0.5, 0.6) is 0 Å². The van der Waals surface area contributed by atoms with Crippen molar-refractivity contribution in [2.75, 3.05) is 5.43 Å². The van der Waals surface area contributed by atoms with E-state index >= 15 is 0 Å². The summed E-state index contributed by atoms with van der Waals surface area (Å²) in [4.78, 5) is 10.5. The summed E-state index contributed by atoms with van der Waals surface area (Å²) in [5, 5.41) is 14.6. The van der Waals surface area contributed by atoms with Crippen LogP contribution in [0.3, 0.4) is 0 Å². The van der Waals surface area contributed by atoms with Gasteiger partial charge in [-0.1, -0.05) is 12.1 Å². The number of sulfonamides is 1. The molecule has 0 spiro atoms. The minimum absolute atomic E-state index is 0.0181. The first-order valence-electron chi connectivity index (χ1n) is 7.69. The number of halogens is 2. The van der Waals surface area contributed by atoms with E-state index in [-0.39, 0.29) is 10.6 Å². The van der Waals surface area contributed by atoms with Gasteiger partial charge in [-0.3, -0.25) is 5.43 Å². The van der Waals surface area contributed by atoms with Gasteiger partial charge in [0.05, 0.1) is 28.3 Å². The predicted molar refractivity (Wildman–Crippen MR) is 93.4 cm³/mol. The second-order valence-corrected chi connectivity index (χ2v) is 7.33. The van der Waals surface area contributed by atoms with Crippen molar-refractivity contribution in [3.05, 3.63) is 59.7 Å². The summed E-state index contributed by atoms with van der Waals surface area (Å²) in [6, 6.07) is 7.08. The lowest BCUT2D eigenvalue weighted by Crippen LogP contribution is -2.45. The molecular weight excluding hydrogens is 380 g/mol. The van der Waals surface area contributed by atoms with Crippen molar-refractivity contribution in [3.8, 4) is 0 Å². The van der Waals surface area contributed by atoms with E-state index in [0.29, 0.717) is 17.3 Å². The normalized spacial score (nSPS) is 13.3. The standard InChI is InChI=1S/C17H17F2N3O4S/c1-10(20-21-16-8-5-13(18)9-15(16)19)12-3-6-14(7-4-12)27(25,26)22-11(2)17(23)24/h3-9,11,21-22H,1-2H3,(H,23,24)/p-1/b20-10-/t11-/m0/s1. The van der Waals surface area contributed by atoms with Crippen LogP contribution in [0.2, 0.25) is 0 Å². The molecule has 1 atom stereocenters. The smallest absolute Gasteiger partial charge is 0.241 e. The number of carboxylic acid groups (broad SMARTS) is 1. The van der Waals surface area contributed by atoms with Crippen LogP contribution in [0, 0.1) is 11.6 Å². The molecular formula is C17H16F2N3O4S-. The summed E-state index contributed by atoms with van der Waals surface area (Å²) in [6.45, 7) is 2.76. The number of hydrazone groups is 1. The molecule has 0 aliphatic carbocycles. The maximum Gasteiger partial charge on any atom is 0.241 e. The molecule has 2 N–H and O–H groups in total. The van der Waals surface area contributed by atoms with E-state index in [0.717, 1.165) is 13.0 Å². The molecule has 0 saturated heterocycles. The SMILES string of the molecule is C/C(=N/Nc1ccc(F)cc1F)c1ccc(S(=O)(=O)N[C@@H](C)C(=O)[O-])cc1. The monoisotopic (exact) mass is 396 g/mol. The van der Waals surface area contributed by atoms with Gasteiger partial charge in [0, 0.05) is 6.07 Å². The highest BCUT2D eigenvalue weighted by atomic mass is 32.2. The van der Waals surface area contributed by atoms with Crippen molar-refractivity contribution in [1.82, 2.24) is 4.72 Å². The lowest BCUT2D eigenvalue weighted by molar-refractivity contribution is -0.307. The number of carboxylic acids is 1. The molecule has 10 heteroatoms. The Labute approximate surface area is 154 Å². The van der Waals surface area contributed by atoms with Gasteiger partial charge in [0.15, 0.2) is 5.82 Å². The molecule has 2 aromatic carbocycles. The van der Waals surface area contributed by atoms with Gasteiger partial charge >= 0.3 is 0 Å². The fourth-order valence-electron chi connectivity index (χ4n) is 2.01. The summed E-state index contributed by atoms with van der Waals surface area (Å²) in [6.07, 6.45) is 0. The Bertz CT molecular complexity index is 976. The highest BCUT2D eigenvalue weighted by Gasteiger charge is 2.18. The van der Waals surface area contributed by atoms with Gasteiger partial charge in [-0.2, -0.15) is 5.10 Å². The Morgan fingerprint density at radius 3 is 2.33 bits per heavy atom. The highest BCUT2D eigenvalue weighted by Crippen LogP contribution is 2.16. The third-order valence-corrected chi connectivity index (χ3v) is 5.10. The van der Waals surface area contributed by atoms with Gasteiger partial charge < -0.3 is 9.90 Å². The largest absolute Gasteiger partial charge is 0.548 e. The number of nitrogens with one attached hydrogen (secondary N) is 2. The van der Waals surface area contributed by atoms with E-state index in [9.17, 15) is 27.1 Å². The summed E-state index contributed by atoms with van der Waals surface area (Å²) >= 11 is 0. The first-order chi connectivity index (χ1) is 12.6. The van der Waals surface area contributed by atoms with Crippen LogP contribution in [-0.4, -0.2) is 26.1 Å². The second-order valence-electron chi connectivity index (χ2n) is 5.62. The van der Waals surface area contributed by atoms with Crippen molar-refractivity contribution in [1.29, 1.82) is 0 Å². The second kappa shape index (κ2) is 8.23. The van der Waals surface area contributed by atoms with Crippen molar-refractivity contribution in [2.24, 2.45) is 5.10 Å². The van der Waals surface area contributed by atoms with E-state index in [1.165, 1.54) is 30.3 Å². The van der Waals surface area contributed by atoms with E-state index < -0.39 is 33.7 Å². The maximum atomic E-state index is 13.6. The number of benzene rings is 2. The number of rotatable bonds is 7. The Morgan fingerprint density at radius 2 is 1.78 bits per heavy atom. The predicted octanol–water partition coefficient (Wildman–Crippen LogP) is 1.22. The summed E-state index contributed by atoms with van der Waals surface area (Å²) in [5.41, 5.74) is 3.40. The zero-order chi connectivity index (χ0) is 20.2. The molecule has 0 aliphatic rings. The van der Waals surface area contributed by atoms with Crippen LogP contribution in [0.15, 0.2) is 52.5 Å². The molecule has 2 aromatic rings. The Kier molecular flexibility index (Phi) is 6.24. The van der Waals surface area contributed by atoms with E-state index in [1.54, 1.807) is 6.92 Å². The molecule has 0 amide bonds. The number of hydrogen-bond acceptors (Lipinski definition) is 6. The van der Waals surface area contributed by atoms with E-state index in [4.69, 9.17) is 0 Å². The van der Waals surface area contributed by atoms with E-state index in [2.05, 4.69) is 10.5 Å². The number of carbonyl (C=O) groups is 1. The van der Waals surface area contributed by atoms with Crippen molar-refractivity contribution < 1.29 is 27.1 Å². The number of aliphatic carboxylic acids is 1. The zero-order valence-corrected chi connectivity index (χ0v) is 15.2. The average molecular weight is 396 g/mol. The number of carbonyl (C=O) groups excluding carboxylic acids is 1. The molecule has 0 aliphatic heterocycles. The molecule has 144 valence electrons. The van der Waals surface area contributed by atoms with Gasteiger partial charge in [0.1, 0.15) is 5.82 Å². The van der Waals surface area contributed by atoms with Crippen LogP contribution in [0.25, 0.3) is 0 Å². The molecule has 27 heavy (non-hydrogen) atoms. The molecule has 0 fully saturated rings. The van der Waals surface area contributed by atoms with Crippen LogP contribution < -0.4 is 15.3 Å². The summed E-state index contributed by atoms with van der Waals surface area (Å²) in [5.74, 6) is -3.06. The van der Waals surface area contributed by atoms with Crippen molar-refractivity contribution in [3.63, 3.8) is 0 Å². The number of hydrogen-bond donors (Lipinski definition) is 2. The quantitative estimate of drug-likeness (QED) is 0.540. The molecule has 0 saturated carbocycles. The molecule has 0 aromatic heterocycles. The first-order valence-corrected chi connectivity index (χ1v) is 9.17. The third kappa shape index (κ3) is 5.31. The third-order valence-electron chi connectivity index (χ3n) is 3.54. The molecule has 0 bridgehead atoms. The van der Waals surface area contributed by atoms with Gasteiger partial charge in [0.25, 0.3) is 0 Å². The van der Waals surface area contributed by atoms with Gasteiger partial charge in [-0.15, -0.1) is 0 Å². The fourth-order valence-corrected chi connectivity index (χ4v) is 3.21. The molecule has 0 radical (unpaired) electrons. The Hall–Kier alpha value is -2.85. The van der Waals surface area contributed by atoms with Crippen LogP contribution in [0.4, 0.5) is 14.5 Å².